The second-order valence-corrected chi connectivity index (χ2v) is 21.4. The number of hydrogen-bond acceptors (Lipinski definition) is 3. The minimum Gasteiger partial charge on any atom is -0.340 e. The van der Waals surface area contributed by atoms with Gasteiger partial charge in [0.25, 0.3) is 0 Å². The maximum Gasteiger partial charge on any atom is 2.00 e. The number of benzene rings is 8. The van der Waals surface area contributed by atoms with Crippen LogP contribution in [0.4, 0.5) is 17.2 Å². The number of nitrogens with zero attached hydrogens (tertiary/aromatic N) is 5. The predicted octanol–water partition coefficient (Wildman–Crippen LogP) is 11.2. The molecule has 0 saturated heterocycles. The third kappa shape index (κ3) is 5.74. The van der Waals surface area contributed by atoms with Gasteiger partial charge in [-0.25, -0.2) is 4.98 Å². The van der Waals surface area contributed by atoms with Crippen molar-refractivity contribution in [3.05, 3.63) is 236 Å². The van der Waals surface area contributed by atoms with E-state index in [1.54, 1.807) is 0 Å². The molecule has 5 nitrogen and oxygen atoms in total. The number of imidazole rings is 1. The third-order valence-electron chi connectivity index (χ3n) is 13.9. The van der Waals surface area contributed by atoms with Crippen LogP contribution in [0.15, 0.2) is 213 Å². The second kappa shape index (κ2) is 15.4. The van der Waals surface area contributed by atoms with Gasteiger partial charge in [0.15, 0.2) is 0 Å². The summed E-state index contributed by atoms with van der Waals surface area (Å²) in [7, 11) is -3.18. The molecule has 0 bridgehead atoms. The fourth-order valence-corrected chi connectivity index (χ4v) is 15.5. The van der Waals surface area contributed by atoms with Gasteiger partial charge in [0.05, 0.1) is 22.4 Å². The summed E-state index contributed by atoms with van der Waals surface area (Å²) < 4.78 is 4.61. The van der Waals surface area contributed by atoms with Gasteiger partial charge in [0.1, 0.15) is 13.9 Å². The monoisotopic (exact) mass is 953 g/mol. The number of para-hydroxylation sites is 3. The number of aromatic nitrogens is 4. The Labute approximate surface area is 397 Å². The minimum atomic E-state index is -3.18. The summed E-state index contributed by atoms with van der Waals surface area (Å²) in [5, 5.41) is 10.6. The van der Waals surface area contributed by atoms with Crippen LogP contribution in [0.2, 0.25) is 0 Å². The first-order chi connectivity index (χ1) is 32.0. The Morgan fingerprint density at radius 3 is 1.89 bits per heavy atom. The average molecular weight is 955 g/mol. The van der Waals surface area contributed by atoms with Crippen molar-refractivity contribution in [2.75, 3.05) is 4.90 Å². The van der Waals surface area contributed by atoms with Crippen molar-refractivity contribution in [2.24, 2.45) is 0 Å². The van der Waals surface area contributed by atoms with E-state index in [9.17, 15) is 0 Å². The number of fused-ring (bicyclic) bond motifs is 11. The summed E-state index contributed by atoms with van der Waals surface area (Å²) in [6.07, 6.45) is 5.88. The molecule has 7 heteroatoms. The molecular weight excluding hydrogens is 913 g/mol. The SMILES string of the molecule is CC1(C)c2cc3c4ccccc4n(-c4ccccc4)c3cc2N(c2[c-]c([Si](c3[c-]c4c(cc3)c3ccccc3n3ccnc43)(c3ccccc3)c3ccccc3)ccc2)c2ncccc21.[Pd+2]. The van der Waals surface area contributed by atoms with Crippen molar-refractivity contribution in [2.45, 2.75) is 19.3 Å². The molecule has 0 fully saturated rings. The van der Waals surface area contributed by atoms with E-state index in [-0.39, 0.29) is 25.8 Å². The van der Waals surface area contributed by atoms with Gasteiger partial charge in [0, 0.05) is 51.5 Å². The topological polar surface area (TPSA) is 38.4 Å². The van der Waals surface area contributed by atoms with Gasteiger partial charge < -0.3 is 13.9 Å². The van der Waals surface area contributed by atoms with Gasteiger partial charge in [-0.1, -0.05) is 146 Å². The van der Waals surface area contributed by atoms with Gasteiger partial charge in [-0.2, -0.15) is 23.4 Å². The molecule has 0 atom stereocenters. The molecule has 0 radical (unpaired) electrons. The van der Waals surface area contributed by atoms with Crippen molar-refractivity contribution in [3.8, 4) is 5.69 Å². The van der Waals surface area contributed by atoms with Crippen molar-refractivity contribution >= 4 is 95.1 Å². The van der Waals surface area contributed by atoms with Crippen LogP contribution in [0.5, 0.6) is 0 Å². The maximum absolute atomic E-state index is 5.22. The molecule has 66 heavy (non-hydrogen) atoms. The standard InChI is InChI=1S/C59H41N5Si.Pd/c1-59(2)51-28-17-33-60-58(51)64(56-39-55-49(38-52(56)59)48-27-13-15-30-54(48)63(55)40-18-6-3-7-19-40)41-20-16-25-44(36-41)65(42-21-8-4-9-22-42,43-23-10-5-11-24-43)45-31-32-46-47-26-12-14-29-53(47)62-35-34-61-57(62)50(46)37-45;/h3-35,38-39H,1-2H3;/q-2;+2. The van der Waals surface area contributed by atoms with Gasteiger partial charge in [-0.05, 0) is 63.8 Å². The Balaban J connectivity index is 0.00000456. The molecule has 0 spiro atoms. The first kappa shape index (κ1) is 40.1. The molecule has 1 aliphatic heterocycles. The van der Waals surface area contributed by atoms with Crippen molar-refractivity contribution in [3.63, 3.8) is 0 Å². The van der Waals surface area contributed by atoms with Crippen LogP contribution in [0.25, 0.3) is 54.8 Å². The first-order valence-electron chi connectivity index (χ1n) is 22.2. The maximum atomic E-state index is 5.22. The summed E-state index contributed by atoms with van der Waals surface area (Å²) in [6, 6.07) is 79.0. The van der Waals surface area contributed by atoms with Gasteiger partial charge in [-0.15, -0.1) is 34.8 Å². The van der Waals surface area contributed by atoms with Crippen LogP contribution in [0.3, 0.4) is 0 Å². The zero-order valence-electron chi connectivity index (χ0n) is 36.3. The normalized spacial score (nSPS) is 13.3. The number of hydrogen-bond donors (Lipinski definition) is 0. The van der Waals surface area contributed by atoms with Crippen molar-refractivity contribution in [1.29, 1.82) is 0 Å². The average Bonchev–Trinajstić information content (AvgIpc) is 3.99. The van der Waals surface area contributed by atoms with E-state index in [1.807, 2.05) is 12.4 Å². The predicted molar refractivity (Wildman–Crippen MR) is 270 cm³/mol. The smallest absolute Gasteiger partial charge is 0.340 e. The molecule has 316 valence electrons. The van der Waals surface area contributed by atoms with Gasteiger partial charge >= 0.3 is 20.4 Å². The first-order valence-corrected chi connectivity index (χ1v) is 24.2. The number of anilines is 3. The van der Waals surface area contributed by atoms with E-state index in [2.05, 4.69) is 240 Å². The molecule has 0 saturated carbocycles. The summed E-state index contributed by atoms with van der Waals surface area (Å²) in [5.41, 5.74) is 9.59. The van der Waals surface area contributed by atoms with E-state index in [1.165, 1.54) is 43.2 Å². The van der Waals surface area contributed by atoms with Crippen molar-refractivity contribution < 1.29 is 20.4 Å². The Morgan fingerprint density at radius 2 is 1.15 bits per heavy atom. The number of rotatable bonds is 6. The fraction of sp³-hybridized carbons (Fsp3) is 0.0508. The zero-order chi connectivity index (χ0) is 43.3. The van der Waals surface area contributed by atoms with Gasteiger partial charge in [-0.3, -0.25) is 4.98 Å². The molecule has 5 heterocycles. The van der Waals surface area contributed by atoms with E-state index < -0.39 is 8.07 Å². The fourth-order valence-electron chi connectivity index (χ4n) is 10.9. The molecule has 13 rings (SSSR count). The molecule has 0 N–H and O–H groups in total. The van der Waals surface area contributed by atoms with Gasteiger partial charge in [0.2, 0.25) is 0 Å². The summed E-state index contributed by atoms with van der Waals surface area (Å²) in [5.74, 6) is 0.914. The van der Waals surface area contributed by atoms with Crippen LogP contribution >= 0.6 is 0 Å². The minimum absolute atomic E-state index is 0. The second-order valence-electron chi connectivity index (χ2n) is 17.6. The van der Waals surface area contributed by atoms with Crippen LogP contribution in [-0.4, -0.2) is 27.0 Å². The molecule has 0 aliphatic carbocycles. The molecule has 8 aromatic carbocycles. The van der Waals surface area contributed by atoms with Crippen LogP contribution < -0.4 is 25.6 Å². The van der Waals surface area contributed by atoms with Crippen LogP contribution in [0, 0.1) is 12.1 Å². The molecular formula is C59H41N5PdSi. The Hall–Kier alpha value is -7.40. The van der Waals surface area contributed by atoms with E-state index in [0.29, 0.717) is 0 Å². The molecule has 1 aliphatic rings. The largest absolute Gasteiger partial charge is 2.00 e. The van der Waals surface area contributed by atoms with Crippen LogP contribution in [-0.2, 0) is 25.8 Å². The third-order valence-corrected chi connectivity index (χ3v) is 18.5. The van der Waals surface area contributed by atoms with E-state index in [4.69, 9.17) is 9.97 Å². The quantitative estimate of drug-likeness (QED) is 0.0721. The Morgan fingerprint density at radius 1 is 0.500 bits per heavy atom. The van der Waals surface area contributed by atoms with Crippen LogP contribution in [0.1, 0.15) is 25.0 Å². The Kier molecular flexibility index (Phi) is 9.34. The molecule has 12 aromatic rings. The summed E-state index contributed by atoms with van der Waals surface area (Å²) in [6.45, 7) is 4.68. The molecule has 0 unspecified atom stereocenters. The molecule has 4 aromatic heterocycles. The summed E-state index contributed by atoms with van der Waals surface area (Å²) in [4.78, 5) is 12.5. The summed E-state index contributed by atoms with van der Waals surface area (Å²) >= 11 is 0. The molecule has 0 amide bonds. The zero-order valence-corrected chi connectivity index (χ0v) is 38.8. The van der Waals surface area contributed by atoms with Crippen molar-refractivity contribution in [1.82, 2.24) is 18.9 Å². The Bertz CT molecular complexity index is 3780. The number of pyridine rings is 2. The van der Waals surface area contributed by atoms with E-state index >= 15 is 0 Å². The van der Waals surface area contributed by atoms with E-state index in [0.717, 1.165) is 60.7 Å².